The predicted molar refractivity (Wildman–Crippen MR) is 256 cm³/mol. The Morgan fingerprint density at radius 3 is 1.33 bits per heavy atom. The van der Waals surface area contributed by atoms with Gasteiger partial charge in [0.05, 0.1) is 13.2 Å². The molecule has 61 heavy (non-hydrogen) atoms. The van der Waals surface area contributed by atoms with E-state index >= 15 is 0 Å². The Hall–Kier alpha value is -2.29. The summed E-state index contributed by atoms with van der Waals surface area (Å²) < 4.78 is 32.9. The van der Waals surface area contributed by atoms with Gasteiger partial charge in [-0.05, 0) is 83.5 Å². The second kappa shape index (κ2) is 47.2. The van der Waals surface area contributed by atoms with Crippen molar-refractivity contribution in [3.8, 4) is 0 Å². The molecule has 0 saturated carbocycles. The molecular formula is C51H92NO8P. The fraction of sp³-hybridized carbons (Fsp3) is 0.765. The molecule has 0 amide bonds. The number of nitrogens with two attached hydrogens (primary N) is 1. The number of carbonyl (C=O) groups is 2. The first-order chi connectivity index (χ1) is 29.8. The molecule has 1 unspecified atom stereocenters. The highest BCUT2D eigenvalue weighted by molar-refractivity contribution is 7.47. The SMILES string of the molecule is CCCCC/C=C\C/C=C\C/C=C\C/C=C\CCCCCC(=O)O[C@H](COC(=O)CCCCCCCCCCCCC/C=C\CCCCCCCC)COP(=O)(O)OCCN. The van der Waals surface area contributed by atoms with Crippen LogP contribution in [0.3, 0.4) is 0 Å². The Balaban J connectivity index is 4.13. The molecule has 0 aliphatic heterocycles. The van der Waals surface area contributed by atoms with E-state index in [-0.39, 0.29) is 32.6 Å². The Bertz CT molecular complexity index is 1180. The largest absolute Gasteiger partial charge is 0.472 e. The van der Waals surface area contributed by atoms with Crippen LogP contribution in [0.4, 0.5) is 0 Å². The number of ether oxygens (including phenoxy) is 2. The summed E-state index contributed by atoms with van der Waals surface area (Å²) >= 11 is 0. The highest BCUT2D eigenvalue weighted by Crippen LogP contribution is 2.43. The van der Waals surface area contributed by atoms with E-state index in [1.54, 1.807) is 0 Å². The van der Waals surface area contributed by atoms with E-state index < -0.39 is 32.5 Å². The summed E-state index contributed by atoms with van der Waals surface area (Å²) in [6.45, 7) is 3.68. The molecule has 354 valence electrons. The van der Waals surface area contributed by atoms with Crippen LogP contribution in [0.15, 0.2) is 60.8 Å². The van der Waals surface area contributed by atoms with Gasteiger partial charge in [-0.3, -0.25) is 18.6 Å². The van der Waals surface area contributed by atoms with Crippen LogP contribution < -0.4 is 5.73 Å². The molecule has 0 fully saturated rings. The normalized spacial score (nSPS) is 13.7. The van der Waals surface area contributed by atoms with Gasteiger partial charge < -0.3 is 20.1 Å². The molecule has 0 aliphatic rings. The smallest absolute Gasteiger partial charge is 0.462 e. The van der Waals surface area contributed by atoms with Crippen LogP contribution in [0.1, 0.15) is 219 Å². The van der Waals surface area contributed by atoms with Crippen molar-refractivity contribution in [1.82, 2.24) is 0 Å². The van der Waals surface area contributed by atoms with Gasteiger partial charge in [-0.1, -0.05) is 184 Å². The lowest BCUT2D eigenvalue weighted by atomic mass is 10.0. The van der Waals surface area contributed by atoms with Crippen LogP contribution in [0.25, 0.3) is 0 Å². The van der Waals surface area contributed by atoms with Gasteiger partial charge in [0.1, 0.15) is 6.61 Å². The third-order valence-electron chi connectivity index (χ3n) is 10.4. The van der Waals surface area contributed by atoms with Crippen molar-refractivity contribution >= 4 is 19.8 Å². The summed E-state index contributed by atoms with van der Waals surface area (Å²) in [4.78, 5) is 35.0. The summed E-state index contributed by atoms with van der Waals surface area (Å²) in [6, 6.07) is 0. The van der Waals surface area contributed by atoms with Gasteiger partial charge in [0.15, 0.2) is 6.10 Å². The van der Waals surface area contributed by atoms with Crippen LogP contribution in [-0.4, -0.2) is 49.3 Å². The van der Waals surface area contributed by atoms with E-state index in [2.05, 4.69) is 74.6 Å². The molecule has 0 aromatic heterocycles. The predicted octanol–water partition coefficient (Wildman–Crippen LogP) is 14.8. The van der Waals surface area contributed by atoms with Crippen molar-refractivity contribution < 1.29 is 37.6 Å². The molecule has 0 aromatic rings. The second-order valence-corrected chi connectivity index (χ2v) is 17.8. The van der Waals surface area contributed by atoms with Crippen LogP contribution in [0, 0.1) is 0 Å². The van der Waals surface area contributed by atoms with Gasteiger partial charge >= 0.3 is 19.8 Å². The molecule has 9 nitrogen and oxygen atoms in total. The Kier molecular flexibility index (Phi) is 45.4. The van der Waals surface area contributed by atoms with E-state index in [0.717, 1.165) is 57.8 Å². The molecular weight excluding hydrogens is 786 g/mol. The minimum Gasteiger partial charge on any atom is -0.462 e. The zero-order chi connectivity index (χ0) is 44.6. The fourth-order valence-corrected chi connectivity index (χ4v) is 7.44. The van der Waals surface area contributed by atoms with Crippen molar-refractivity contribution in [3.05, 3.63) is 60.8 Å². The first kappa shape index (κ1) is 58.7. The van der Waals surface area contributed by atoms with Crippen molar-refractivity contribution in [2.75, 3.05) is 26.4 Å². The number of hydrogen-bond acceptors (Lipinski definition) is 8. The third-order valence-corrected chi connectivity index (χ3v) is 11.4. The minimum atomic E-state index is -4.39. The lowest BCUT2D eigenvalue weighted by molar-refractivity contribution is -0.161. The highest BCUT2D eigenvalue weighted by Gasteiger charge is 2.26. The summed E-state index contributed by atoms with van der Waals surface area (Å²) in [7, 11) is -4.39. The average molecular weight is 878 g/mol. The first-order valence-electron chi connectivity index (χ1n) is 24.8. The summed E-state index contributed by atoms with van der Waals surface area (Å²) in [5.41, 5.74) is 5.36. The molecule has 0 heterocycles. The second-order valence-electron chi connectivity index (χ2n) is 16.3. The monoisotopic (exact) mass is 878 g/mol. The molecule has 0 aliphatic carbocycles. The zero-order valence-electron chi connectivity index (χ0n) is 39.1. The summed E-state index contributed by atoms with van der Waals surface area (Å²) in [6.07, 6.45) is 56.8. The maximum atomic E-state index is 12.6. The van der Waals surface area contributed by atoms with Crippen molar-refractivity contribution in [2.24, 2.45) is 5.73 Å². The average Bonchev–Trinajstić information content (AvgIpc) is 3.25. The maximum absolute atomic E-state index is 12.6. The van der Waals surface area contributed by atoms with Crippen LogP contribution in [-0.2, 0) is 32.7 Å². The van der Waals surface area contributed by atoms with E-state index in [4.69, 9.17) is 24.3 Å². The number of phosphoric ester groups is 1. The molecule has 0 rings (SSSR count). The zero-order valence-corrected chi connectivity index (χ0v) is 40.0. The van der Waals surface area contributed by atoms with Crippen LogP contribution >= 0.6 is 7.82 Å². The number of unbranched alkanes of at least 4 members (excludes halogenated alkanes) is 23. The number of phosphoric acid groups is 1. The van der Waals surface area contributed by atoms with E-state index in [9.17, 15) is 19.0 Å². The summed E-state index contributed by atoms with van der Waals surface area (Å²) in [5, 5.41) is 0. The van der Waals surface area contributed by atoms with Crippen LogP contribution in [0.5, 0.6) is 0 Å². The highest BCUT2D eigenvalue weighted by atomic mass is 31.2. The lowest BCUT2D eigenvalue weighted by Crippen LogP contribution is -2.29. The third kappa shape index (κ3) is 47.0. The van der Waals surface area contributed by atoms with Gasteiger partial charge in [0, 0.05) is 19.4 Å². The number of esters is 2. The van der Waals surface area contributed by atoms with Crippen molar-refractivity contribution in [1.29, 1.82) is 0 Å². The van der Waals surface area contributed by atoms with E-state index in [0.29, 0.717) is 6.42 Å². The topological polar surface area (TPSA) is 134 Å². The van der Waals surface area contributed by atoms with Gasteiger partial charge in [-0.2, -0.15) is 0 Å². The number of rotatable bonds is 46. The summed E-state index contributed by atoms with van der Waals surface area (Å²) in [5.74, 6) is -0.863. The van der Waals surface area contributed by atoms with Crippen LogP contribution in [0.2, 0.25) is 0 Å². The molecule has 0 saturated heterocycles. The first-order valence-corrected chi connectivity index (χ1v) is 26.3. The van der Waals surface area contributed by atoms with Gasteiger partial charge in [0.25, 0.3) is 0 Å². The minimum absolute atomic E-state index is 0.0458. The van der Waals surface area contributed by atoms with E-state index in [1.807, 2.05) is 0 Å². The van der Waals surface area contributed by atoms with Gasteiger partial charge in [0.2, 0.25) is 0 Å². The van der Waals surface area contributed by atoms with Crippen molar-refractivity contribution in [2.45, 2.75) is 225 Å². The van der Waals surface area contributed by atoms with Gasteiger partial charge in [-0.25, -0.2) is 4.57 Å². The molecule has 0 radical (unpaired) electrons. The quantitative estimate of drug-likeness (QED) is 0.0265. The van der Waals surface area contributed by atoms with Crippen molar-refractivity contribution in [3.63, 3.8) is 0 Å². The number of hydrogen-bond donors (Lipinski definition) is 2. The number of carbonyl (C=O) groups excluding carboxylic acids is 2. The Labute approximate surface area is 374 Å². The van der Waals surface area contributed by atoms with Gasteiger partial charge in [-0.15, -0.1) is 0 Å². The fourth-order valence-electron chi connectivity index (χ4n) is 6.67. The molecule has 0 aromatic carbocycles. The lowest BCUT2D eigenvalue weighted by Gasteiger charge is -2.19. The standard InChI is InChI=1S/C51H92NO8P/c1-3-5-7-9-11-13-15-17-19-21-23-24-26-27-29-31-33-35-37-39-41-43-50(53)57-47-49(48-59-61(55,56)58-46-45-52)60-51(54)44-42-40-38-36-34-32-30-28-25-22-20-18-16-14-12-10-8-6-4-2/h12,14,17-20,25,28,32,34,49H,3-11,13,15-16,21-24,26-27,29-31,33,35-48,52H2,1-2H3,(H,55,56)/b14-12-,19-17-,20-18-,28-25-,34-32-/t49-/m1/s1. The number of allylic oxidation sites excluding steroid dienone is 10. The maximum Gasteiger partial charge on any atom is 0.472 e. The molecule has 2 atom stereocenters. The Morgan fingerprint density at radius 1 is 0.492 bits per heavy atom. The Morgan fingerprint density at radius 2 is 0.852 bits per heavy atom. The molecule has 3 N–H and O–H groups in total. The molecule has 0 bridgehead atoms. The van der Waals surface area contributed by atoms with E-state index in [1.165, 1.54) is 128 Å². The molecule has 0 spiro atoms. The molecule has 10 heteroatoms.